The van der Waals surface area contributed by atoms with Crippen molar-refractivity contribution >= 4 is 29.3 Å². The lowest BCUT2D eigenvalue weighted by molar-refractivity contribution is 0.0766. The highest BCUT2D eigenvalue weighted by atomic mass is 35.5. The molecule has 0 unspecified atom stereocenters. The molecule has 2 heterocycles. The molecule has 110 valence electrons. The maximum Gasteiger partial charge on any atom is 0.257 e. The highest BCUT2D eigenvalue weighted by Gasteiger charge is 2.24. The second-order valence-electron chi connectivity index (χ2n) is 4.97. The highest BCUT2D eigenvalue weighted by Crippen LogP contribution is 2.37. The van der Waals surface area contributed by atoms with Crippen LogP contribution in [0, 0.1) is 0 Å². The summed E-state index contributed by atoms with van der Waals surface area (Å²) in [6, 6.07) is 9.68. The molecule has 1 fully saturated rings. The van der Waals surface area contributed by atoms with Gasteiger partial charge in [0.05, 0.1) is 11.8 Å². The highest BCUT2D eigenvalue weighted by molar-refractivity contribution is 7.99. The Hall–Kier alpha value is -1.39. The average Bonchev–Trinajstić information content (AvgIpc) is 2.92. The summed E-state index contributed by atoms with van der Waals surface area (Å²) in [6.07, 6.45) is 3.95. The first kappa shape index (κ1) is 14.5. The van der Waals surface area contributed by atoms with Crippen LogP contribution in [0.1, 0.15) is 27.6 Å². The van der Waals surface area contributed by atoms with Crippen LogP contribution in [0.5, 0.6) is 0 Å². The number of nitrogens with zero attached hydrogens (tertiary/aromatic N) is 1. The molecule has 0 saturated carbocycles. The minimum absolute atomic E-state index is 0.0455. The second kappa shape index (κ2) is 6.58. The van der Waals surface area contributed by atoms with Gasteiger partial charge in [-0.2, -0.15) is 11.8 Å². The molecule has 1 aromatic carbocycles. The summed E-state index contributed by atoms with van der Waals surface area (Å²) >= 11 is 8.15. The number of amides is 1. The van der Waals surface area contributed by atoms with Crippen molar-refractivity contribution in [2.75, 3.05) is 18.8 Å². The van der Waals surface area contributed by atoms with E-state index in [1.54, 1.807) is 6.07 Å². The third kappa shape index (κ3) is 3.27. The fourth-order valence-corrected chi connectivity index (χ4v) is 4.13. The summed E-state index contributed by atoms with van der Waals surface area (Å²) in [6.45, 7) is 1.50. The Morgan fingerprint density at radius 3 is 2.90 bits per heavy atom. The van der Waals surface area contributed by atoms with Crippen LogP contribution in [-0.4, -0.2) is 29.6 Å². The summed E-state index contributed by atoms with van der Waals surface area (Å²) in [5, 5.41) is 1.16. The van der Waals surface area contributed by atoms with Crippen molar-refractivity contribution in [3.63, 3.8) is 0 Å². The van der Waals surface area contributed by atoms with Crippen molar-refractivity contribution in [1.82, 2.24) is 4.90 Å². The van der Waals surface area contributed by atoms with Gasteiger partial charge >= 0.3 is 0 Å². The Bertz CT molecular complexity index is 614. The Morgan fingerprint density at radius 2 is 2.14 bits per heavy atom. The van der Waals surface area contributed by atoms with Crippen LogP contribution < -0.4 is 0 Å². The van der Waals surface area contributed by atoms with E-state index in [0.717, 1.165) is 30.3 Å². The summed E-state index contributed by atoms with van der Waals surface area (Å²) in [7, 11) is 0. The molecule has 1 aromatic heterocycles. The number of furan rings is 1. The summed E-state index contributed by atoms with van der Waals surface area (Å²) in [5.41, 5.74) is 1.79. The molecule has 1 atom stereocenters. The van der Waals surface area contributed by atoms with Crippen LogP contribution in [0.3, 0.4) is 0 Å². The minimum Gasteiger partial charge on any atom is -0.472 e. The number of rotatable bonds is 2. The monoisotopic (exact) mass is 321 g/mol. The van der Waals surface area contributed by atoms with E-state index >= 15 is 0 Å². The Kier molecular flexibility index (Phi) is 4.56. The first-order valence-electron chi connectivity index (χ1n) is 6.93. The summed E-state index contributed by atoms with van der Waals surface area (Å²) in [5.74, 6) is 0.962. The zero-order chi connectivity index (χ0) is 14.7. The van der Waals surface area contributed by atoms with Gasteiger partial charge in [-0.25, -0.2) is 0 Å². The molecule has 2 aromatic rings. The summed E-state index contributed by atoms with van der Waals surface area (Å²) in [4.78, 5) is 14.3. The smallest absolute Gasteiger partial charge is 0.257 e. The number of carbonyl (C=O) groups excluding carboxylic acids is 1. The molecule has 0 bridgehead atoms. The number of hydrogen-bond donors (Lipinski definition) is 0. The standard InChI is InChI=1S/C16H16ClNO2S/c17-14-4-2-1-3-13(14)15-5-7-18(8-10-21-15)16(19)12-6-9-20-11-12/h1-4,6,9,11,15H,5,7-8,10H2/t15-/m1/s1. The molecule has 1 aliphatic rings. The Labute approximate surface area is 133 Å². The second-order valence-corrected chi connectivity index (χ2v) is 6.69. The molecule has 1 aliphatic heterocycles. The number of halogens is 1. The van der Waals surface area contributed by atoms with E-state index in [-0.39, 0.29) is 5.91 Å². The molecule has 21 heavy (non-hydrogen) atoms. The maximum absolute atomic E-state index is 12.4. The fraction of sp³-hybridized carbons (Fsp3) is 0.312. The predicted octanol–water partition coefficient (Wildman–Crippen LogP) is 4.25. The zero-order valence-corrected chi connectivity index (χ0v) is 13.1. The van der Waals surface area contributed by atoms with Gasteiger partial charge in [-0.3, -0.25) is 4.79 Å². The van der Waals surface area contributed by atoms with Crippen molar-refractivity contribution < 1.29 is 9.21 Å². The minimum atomic E-state index is 0.0455. The van der Waals surface area contributed by atoms with Crippen LogP contribution >= 0.6 is 23.4 Å². The molecule has 3 rings (SSSR count). The predicted molar refractivity (Wildman–Crippen MR) is 85.9 cm³/mol. The maximum atomic E-state index is 12.4. The normalized spacial score (nSPS) is 19.3. The Balaban J connectivity index is 1.70. The molecule has 0 aliphatic carbocycles. The molecule has 0 N–H and O–H groups in total. The Morgan fingerprint density at radius 1 is 1.29 bits per heavy atom. The third-order valence-corrected chi connectivity index (χ3v) is 5.30. The first-order valence-corrected chi connectivity index (χ1v) is 8.36. The molecule has 5 heteroatoms. The van der Waals surface area contributed by atoms with Gasteiger partial charge in [-0.15, -0.1) is 0 Å². The lowest BCUT2D eigenvalue weighted by Crippen LogP contribution is -2.32. The van der Waals surface area contributed by atoms with Crippen molar-refractivity contribution in [2.45, 2.75) is 11.7 Å². The number of benzene rings is 1. The quantitative estimate of drug-likeness (QED) is 0.829. The SMILES string of the molecule is O=C(c1ccoc1)N1CCS[C@@H](c2ccccc2Cl)CC1. The van der Waals surface area contributed by atoms with Gasteiger partial charge in [0.2, 0.25) is 0 Å². The zero-order valence-electron chi connectivity index (χ0n) is 11.5. The van der Waals surface area contributed by atoms with Gasteiger partial charge in [0.15, 0.2) is 0 Å². The fourth-order valence-electron chi connectivity index (χ4n) is 2.53. The number of thioether (sulfide) groups is 1. The average molecular weight is 322 g/mol. The van der Waals surface area contributed by atoms with Crippen molar-refractivity contribution in [2.24, 2.45) is 0 Å². The van der Waals surface area contributed by atoms with Crippen molar-refractivity contribution in [3.05, 3.63) is 59.0 Å². The molecule has 0 radical (unpaired) electrons. The van der Waals surface area contributed by atoms with E-state index in [1.165, 1.54) is 18.1 Å². The lowest BCUT2D eigenvalue weighted by Gasteiger charge is -2.19. The third-order valence-electron chi connectivity index (χ3n) is 3.65. The van der Waals surface area contributed by atoms with E-state index < -0.39 is 0 Å². The topological polar surface area (TPSA) is 33.5 Å². The van der Waals surface area contributed by atoms with Crippen LogP contribution in [0.25, 0.3) is 0 Å². The molecular formula is C16H16ClNO2S. The van der Waals surface area contributed by atoms with Gasteiger partial charge < -0.3 is 9.32 Å². The lowest BCUT2D eigenvalue weighted by atomic mass is 10.1. The van der Waals surface area contributed by atoms with Gasteiger partial charge in [0.25, 0.3) is 5.91 Å². The van der Waals surface area contributed by atoms with Crippen LogP contribution in [0.15, 0.2) is 47.3 Å². The van der Waals surface area contributed by atoms with Crippen LogP contribution in [0.2, 0.25) is 5.02 Å². The summed E-state index contributed by atoms with van der Waals surface area (Å²) < 4.78 is 4.99. The molecule has 1 saturated heterocycles. The largest absolute Gasteiger partial charge is 0.472 e. The van der Waals surface area contributed by atoms with E-state index in [9.17, 15) is 4.79 Å². The molecule has 3 nitrogen and oxygen atoms in total. The number of carbonyl (C=O) groups is 1. The molecule has 1 amide bonds. The van der Waals surface area contributed by atoms with Gasteiger partial charge in [0, 0.05) is 29.1 Å². The van der Waals surface area contributed by atoms with E-state index in [0.29, 0.717) is 10.8 Å². The van der Waals surface area contributed by atoms with Crippen LogP contribution in [-0.2, 0) is 0 Å². The van der Waals surface area contributed by atoms with Gasteiger partial charge in [0.1, 0.15) is 6.26 Å². The molecular weight excluding hydrogens is 306 g/mol. The number of hydrogen-bond acceptors (Lipinski definition) is 3. The van der Waals surface area contributed by atoms with E-state index in [4.69, 9.17) is 16.0 Å². The van der Waals surface area contributed by atoms with Gasteiger partial charge in [-0.1, -0.05) is 29.8 Å². The van der Waals surface area contributed by atoms with E-state index in [2.05, 4.69) is 6.07 Å². The van der Waals surface area contributed by atoms with Crippen LogP contribution in [0.4, 0.5) is 0 Å². The van der Waals surface area contributed by atoms with Gasteiger partial charge in [-0.05, 0) is 24.1 Å². The van der Waals surface area contributed by atoms with Crippen molar-refractivity contribution in [1.29, 1.82) is 0 Å². The van der Waals surface area contributed by atoms with Crippen molar-refractivity contribution in [3.8, 4) is 0 Å². The molecule has 0 spiro atoms. The van der Waals surface area contributed by atoms with E-state index in [1.807, 2.05) is 34.9 Å². The first-order chi connectivity index (χ1) is 10.3.